The Hall–Kier alpha value is -0.300. The monoisotopic (exact) mass is 282 g/mol. The van der Waals surface area contributed by atoms with Crippen LogP contribution in [0, 0.1) is 10.8 Å². The van der Waals surface area contributed by atoms with Gasteiger partial charge in [-0.1, -0.05) is 69.2 Å². The number of hydrogen-bond donors (Lipinski definition) is 0. The molecule has 0 atom stereocenters. The summed E-state index contributed by atoms with van der Waals surface area (Å²) in [6.07, 6.45) is 1.15. The molecule has 1 heterocycles. The highest BCUT2D eigenvalue weighted by molar-refractivity contribution is 7.12. The molecule has 1 aromatic rings. The molecule has 0 saturated carbocycles. The summed E-state index contributed by atoms with van der Waals surface area (Å²) in [5.41, 5.74) is 0.770. The molecular weight excluding hydrogens is 248 g/mol. The van der Waals surface area contributed by atoms with Gasteiger partial charge in [-0.3, -0.25) is 0 Å². The second-order valence-electron chi connectivity index (χ2n) is 7.12. The molecule has 0 saturated heterocycles. The van der Waals surface area contributed by atoms with E-state index in [4.69, 9.17) is 0 Å². The SMILES string of the molecule is CC.CCc1ccc(C(C)(C)C(C)(C)C(C)(C)C)s1. The standard InChI is InChI=1S/C16H28S.C2H6/c1-9-12-10-11-13(17-12)15(5,6)16(7,8)14(2,3)4;1-2/h10-11H,9H2,1-8H3;1-2H3. The third-order valence-corrected chi connectivity index (χ3v) is 6.62. The van der Waals surface area contributed by atoms with E-state index in [1.165, 1.54) is 9.75 Å². The van der Waals surface area contributed by atoms with Gasteiger partial charge in [0.25, 0.3) is 0 Å². The Kier molecular flexibility index (Phi) is 6.33. The van der Waals surface area contributed by atoms with E-state index in [9.17, 15) is 0 Å². The fraction of sp³-hybridized carbons (Fsp3) is 0.778. The molecule has 1 heteroatoms. The Bertz CT molecular complexity index is 375. The smallest absolute Gasteiger partial charge is 0.0110 e. The van der Waals surface area contributed by atoms with Crippen molar-refractivity contribution < 1.29 is 0 Å². The van der Waals surface area contributed by atoms with Crippen LogP contribution in [0.5, 0.6) is 0 Å². The highest BCUT2D eigenvalue weighted by Crippen LogP contribution is 2.53. The van der Waals surface area contributed by atoms with Gasteiger partial charge in [-0.2, -0.15) is 0 Å². The normalized spacial score (nSPS) is 12.9. The molecule has 0 unspecified atom stereocenters. The van der Waals surface area contributed by atoms with Crippen molar-refractivity contribution in [2.24, 2.45) is 10.8 Å². The van der Waals surface area contributed by atoms with Crippen molar-refractivity contribution in [1.82, 2.24) is 0 Å². The van der Waals surface area contributed by atoms with Crippen LogP contribution < -0.4 is 0 Å². The topological polar surface area (TPSA) is 0 Å². The molecule has 112 valence electrons. The minimum atomic E-state index is 0.212. The second-order valence-corrected chi connectivity index (χ2v) is 8.29. The lowest BCUT2D eigenvalue weighted by Gasteiger charge is -2.50. The molecule has 0 aliphatic heterocycles. The quantitative estimate of drug-likeness (QED) is 0.579. The van der Waals surface area contributed by atoms with E-state index in [2.05, 4.69) is 67.5 Å². The molecular formula is C18H34S. The highest BCUT2D eigenvalue weighted by atomic mass is 32.1. The van der Waals surface area contributed by atoms with Crippen LogP contribution in [0.2, 0.25) is 0 Å². The fourth-order valence-electron chi connectivity index (χ4n) is 2.15. The minimum Gasteiger partial charge on any atom is -0.145 e. The van der Waals surface area contributed by atoms with E-state index in [-0.39, 0.29) is 10.8 Å². The maximum Gasteiger partial charge on any atom is 0.0110 e. The molecule has 19 heavy (non-hydrogen) atoms. The molecule has 0 nitrogen and oxygen atoms in total. The van der Waals surface area contributed by atoms with Crippen LogP contribution in [0.3, 0.4) is 0 Å². The fourth-order valence-corrected chi connectivity index (χ4v) is 3.36. The average Bonchev–Trinajstić information content (AvgIpc) is 2.79. The lowest BCUT2D eigenvalue weighted by molar-refractivity contribution is 0.0476. The molecule has 0 bridgehead atoms. The summed E-state index contributed by atoms with van der Waals surface area (Å²) in [4.78, 5) is 3.02. The number of aryl methyl sites for hydroxylation is 1. The summed E-state index contributed by atoms with van der Waals surface area (Å²) in [7, 11) is 0. The van der Waals surface area contributed by atoms with Gasteiger partial charge in [-0.25, -0.2) is 0 Å². The van der Waals surface area contributed by atoms with Crippen molar-refractivity contribution >= 4 is 11.3 Å². The van der Waals surface area contributed by atoms with Gasteiger partial charge in [0, 0.05) is 15.2 Å². The van der Waals surface area contributed by atoms with Gasteiger partial charge in [-0.15, -0.1) is 11.3 Å². The van der Waals surface area contributed by atoms with E-state index in [0.29, 0.717) is 5.41 Å². The maximum absolute atomic E-state index is 2.40. The summed E-state index contributed by atoms with van der Waals surface area (Å²) in [5, 5.41) is 0. The Labute approximate surface area is 125 Å². The molecule has 0 fully saturated rings. The van der Waals surface area contributed by atoms with Gasteiger partial charge in [0.1, 0.15) is 0 Å². The summed E-state index contributed by atoms with van der Waals surface area (Å²) in [6, 6.07) is 4.62. The zero-order valence-electron chi connectivity index (χ0n) is 14.8. The number of hydrogen-bond acceptors (Lipinski definition) is 1. The molecule has 0 radical (unpaired) electrons. The van der Waals surface area contributed by atoms with E-state index >= 15 is 0 Å². The third-order valence-electron chi connectivity index (χ3n) is 5.06. The zero-order chi connectivity index (χ0) is 15.5. The van der Waals surface area contributed by atoms with Crippen molar-refractivity contribution in [2.75, 3.05) is 0 Å². The van der Waals surface area contributed by atoms with Crippen LogP contribution >= 0.6 is 11.3 Å². The lowest BCUT2D eigenvalue weighted by Crippen LogP contribution is -2.45. The van der Waals surface area contributed by atoms with Crippen LogP contribution in [0.4, 0.5) is 0 Å². The van der Waals surface area contributed by atoms with Gasteiger partial charge < -0.3 is 0 Å². The predicted molar refractivity (Wildman–Crippen MR) is 91.3 cm³/mol. The summed E-state index contributed by atoms with van der Waals surface area (Å²) in [5.74, 6) is 0. The summed E-state index contributed by atoms with van der Waals surface area (Å²) in [6.45, 7) is 22.9. The Morgan fingerprint density at radius 2 is 1.37 bits per heavy atom. The first-order chi connectivity index (χ1) is 8.54. The number of thiophene rings is 1. The van der Waals surface area contributed by atoms with Crippen LogP contribution in [0.15, 0.2) is 12.1 Å². The van der Waals surface area contributed by atoms with Crippen molar-refractivity contribution in [3.63, 3.8) is 0 Å². The molecule has 0 spiro atoms. The molecule has 0 amide bonds. The molecule has 1 aromatic heterocycles. The van der Waals surface area contributed by atoms with E-state index in [1.54, 1.807) is 0 Å². The van der Waals surface area contributed by atoms with Crippen molar-refractivity contribution in [3.8, 4) is 0 Å². The first kappa shape index (κ1) is 18.7. The van der Waals surface area contributed by atoms with Gasteiger partial charge in [-0.05, 0) is 29.4 Å². The Morgan fingerprint density at radius 1 is 0.895 bits per heavy atom. The van der Waals surface area contributed by atoms with Gasteiger partial charge >= 0.3 is 0 Å². The van der Waals surface area contributed by atoms with Crippen molar-refractivity contribution in [3.05, 3.63) is 21.9 Å². The van der Waals surface area contributed by atoms with Gasteiger partial charge in [0.15, 0.2) is 0 Å². The van der Waals surface area contributed by atoms with Crippen LogP contribution in [-0.4, -0.2) is 0 Å². The minimum absolute atomic E-state index is 0.212. The van der Waals surface area contributed by atoms with Crippen molar-refractivity contribution in [1.29, 1.82) is 0 Å². The lowest BCUT2D eigenvalue weighted by atomic mass is 9.55. The third kappa shape index (κ3) is 3.62. The first-order valence-corrected chi connectivity index (χ1v) is 8.45. The molecule has 0 aromatic carbocycles. The second kappa shape index (κ2) is 6.43. The largest absolute Gasteiger partial charge is 0.145 e. The van der Waals surface area contributed by atoms with Gasteiger partial charge in [0.2, 0.25) is 0 Å². The maximum atomic E-state index is 2.40. The van der Waals surface area contributed by atoms with E-state index in [1.807, 2.05) is 25.2 Å². The molecule has 1 rings (SSSR count). The van der Waals surface area contributed by atoms with Crippen LogP contribution in [-0.2, 0) is 11.8 Å². The summed E-state index contributed by atoms with van der Waals surface area (Å²) < 4.78 is 0. The zero-order valence-corrected chi connectivity index (χ0v) is 15.6. The molecule has 0 aliphatic rings. The molecule has 0 aliphatic carbocycles. The molecule has 0 N–H and O–H groups in total. The van der Waals surface area contributed by atoms with Gasteiger partial charge in [0.05, 0.1) is 0 Å². The van der Waals surface area contributed by atoms with Crippen LogP contribution in [0.25, 0.3) is 0 Å². The van der Waals surface area contributed by atoms with E-state index < -0.39 is 0 Å². The summed E-state index contributed by atoms with van der Waals surface area (Å²) >= 11 is 1.98. The number of rotatable bonds is 3. The Balaban J connectivity index is 0.00000154. The average molecular weight is 283 g/mol. The van der Waals surface area contributed by atoms with Crippen molar-refractivity contribution in [2.45, 2.75) is 81.1 Å². The Morgan fingerprint density at radius 3 is 1.68 bits per heavy atom. The van der Waals surface area contributed by atoms with Crippen LogP contribution in [0.1, 0.15) is 79.0 Å². The van der Waals surface area contributed by atoms with E-state index in [0.717, 1.165) is 6.42 Å². The first-order valence-electron chi connectivity index (χ1n) is 7.63. The highest BCUT2D eigenvalue weighted by Gasteiger charge is 2.46. The predicted octanol–water partition coefficient (Wildman–Crippen LogP) is 6.69.